The van der Waals surface area contributed by atoms with E-state index in [1.165, 1.54) is 12.1 Å². The van der Waals surface area contributed by atoms with Gasteiger partial charge in [-0.25, -0.2) is 4.68 Å². The van der Waals surface area contributed by atoms with Crippen LogP contribution in [0.25, 0.3) is 0 Å². The zero-order chi connectivity index (χ0) is 12.8. The van der Waals surface area contributed by atoms with Gasteiger partial charge in [0.25, 0.3) is 0 Å². The minimum absolute atomic E-state index is 0.317. The van der Waals surface area contributed by atoms with Crippen LogP contribution in [-0.4, -0.2) is 34.8 Å². The van der Waals surface area contributed by atoms with Crippen molar-refractivity contribution in [1.29, 1.82) is 0 Å². The number of aryl methyl sites for hydroxylation is 1. The van der Waals surface area contributed by atoms with Gasteiger partial charge >= 0.3 is 0 Å². The van der Waals surface area contributed by atoms with Crippen molar-refractivity contribution in [3.05, 3.63) is 11.9 Å². The molecule has 5 heteroatoms. The van der Waals surface area contributed by atoms with E-state index in [0.29, 0.717) is 12.0 Å². The number of ether oxygens (including phenoxy) is 1. The minimum atomic E-state index is 0.317. The number of nitrogens with one attached hydrogen (secondary N) is 1. The van der Waals surface area contributed by atoms with E-state index in [9.17, 15) is 0 Å². The van der Waals surface area contributed by atoms with Gasteiger partial charge in [0.15, 0.2) is 0 Å². The number of nitrogens with zero attached hydrogens (tertiary/aromatic N) is 3. The van der Waals surface area contributed by atoms with Gasteiger partial charge in [0.05, 0.1) is 24.5 Å². The lowest BCUT2D eigenvalue weighted by atomic mass is 9.91. The Kier molecular flexibility index (Phi) is 5.13. The molecule has 0 saturated carbocycles. The monoisotopic (exact) mass is 252 g/mol. The molecule has 5 nitrogen and oxygen atoms in total. The Balaban J connectivity index is 2.14. The molecule has 2 atom stereocenters. The molecule has 1 N–H and O–H groups in total. The van der Waals surface area contributed by atoms with E-state index in [1.807, 2.05) is 10.9 Å². The lowest BCUT2D eigenvalue weighted by Crippen LogP contribution is -2.34. The highest BCUT2D eigenvalue weighted by atomic mass is 16.5. The number of hydrogen-bond acceptors (Lipinski definition) is 4. The van der Waals surface area contributed by atoms with Crippen LogP contribution < -0.4 is 5.32 Å². The summed E-state index contributed by atoms with van der Waals surface area (Å²) in [4.78, 5) is 0. The Labute approximate surface area is 109 Å². The Morgan fingerprint density at radius 3 is 3.11 bits per heavy atom. The normalized spacial score (nSPS) is 22.0. The predicted molar refractivity (Wildman–Crippen MR) is 70.3 cm³/mol. The van der Waals surface area contributed by atoms with Crippen molar-refractivity contribution in [3.63, 3.8) is 0 Å². The van der Waals surface area contributed by atoms with Crippen LogP contribution in [0.1, 0.15) is 44.8 Å². The fourth-order valence-corrected chi connectivity index (χ4v) is 2.65. The van der Waals surface area contributed by atoms with Crippen LogP contribution in [0.2, 0.25) is 0 Å². The van der Waals surface area contributed by atoms with Crippen molar-refractivity contribution in [2.75, 3.05) is 19.8 Å². The average molecular weight is 252 g/mol. The number of rotatable bonds is 6. The summed E-state index contributed by atoms with van der Waals surface area (Å²) >= 11 is 0. The topological polar surface area (TPSA) is 52.0 Å². The molecule has 2 rings (SSSR count). The van der Waals surface area contributed by atoms with E-state index in [2.05, 4.69) is 29.5 Å². The van der Waals surface area contributed by atoms with Crippen LogP contribution in [0.3, 0.4) is 0 Å². The second-order valence-electron chi connectivity index (χ2n) is 4.89. The maximum atomic E-state index is 5.62. The van der Waals surface area contributed by atoms with Gasteiger partial charge in [-0.1, -0.05) is 19.1 Å². The molecule has 1 saturated heterocycles. The van der Waals surface area contributed by atoms with Gasteiger partial charge in [-0.3, -0.25) is 0 Å². The molecule has 1 aromatic heterocycles. The maximum absolute atomic E-state index is 5.62. The summed E-state index contributed by atoms with van der Waals surface area (Å²) in [6.07, 6.45) is 5.35. The van der Waals surface area contributed by atoms with Gasteiger partial charge in [-0.05, 0) is 25.8 Å². The van der Waals surface area contributed by atoms with Crippen molar-refractivity contribution in [2.45, 2.75) is 45.7 Å². The van der Waals surface area contributed by atoms with Crippen LogP contribution in [0.4, 0.5) is 0 Å². The molecule has 1 aromatic rings. The van der Waals surface area contributed by atoms with Crippen molar-refractivity contribution in [3.8, 4) is 0 Å². The van der Waals surface area contributed by atoms with E-state index in [0.717, 1.165) is 39.1 Å². The standard InChI is InChI=1S/C13H24N4O/c1-3-7-17-12(9-15-16-17)13(14-4-2)11-6-5-8-18-10-11/h9,11,13-14H,3-8,10H2,1-2H3. The van der Waals surface area contributed by atoms with Gasteiger partial charge in [-0.15, -0.1) is 5.10 Å². The molecule has 0 bridgehead atoms. The summed E-state index contributed by atoms with van der Waals surface area (Å²) in [5.74, 6) is 0.535. The lowest BCUT2D eigenvalue weighted by molar-refractivity contribution is 0.0379. The predicted octanol–water partition coefficient (Wildman–Crippen LogP) is 1.77. The van der Waals surface area contributed by atoms with Gasteiger partial charge < -0.3 is 10.1 Å². The molecule has 1 aliphatic heterocycles. The average Bonchev–Trinajstić information content (AvgIpc) is 2.85. The van der Waals surface area contributed by atoms with Crippen LogP contribution in [-0.2, 0) is 11.3 Å². The third-order valence-electron chi connectivity index (χ3n) is 3.49. The van der Waals surface area contributed by atoms with Gasteiger partial charge in [0, 0.05) is 19.1 Å². The van der Waals surface area contributed by atoms with E-state index in [4.69, 9.17) is 4.74 Å². The molecule has 1 fully saturated rings. The molecule has 0 aliphatic carbocycles. The van der Waals surface area contributed by atoms with E-state index >= 15 is 0 Å². The zero-order valence-corrected chi connectivity index (χ0v) is 11.4. The first-order chi connectivity index (χ1) is 8.86. The zero-order valence-electron chi connectivity index (χ0n) is 11.4. The molecular formula is C13H24N4O. The maximum Gasteiger partial charge on any atom is 0.0760 e. The molecule has 2 heterocycles. The third kappa shape index (κ3) is 3.09. The van der Waals surface area contributed by atoms with Gasteiger partial charge in [0.2, 0.25) is 0 Å². The second-order valence-corrected chi connectivity index (χ2v) is 4.89. The van der Waals surface area contributed by atoms with Crippen molar-refractivity contribution in [1.82, 2.24) is 20.3 Å². The first-order valence-corrected chi connectivity index (χ1v) is 7.06. The smallest absolute Gasteiger partial charge is 0.0760 e. The Bertz CT molecular complexity index is 347. The van der Waals surface area contributed by atoms with Gasteiger partial charge in [0.1, 0.15) is 0 Å². The molecular weight excluding hydrogens is 228 g/mol. The Morgan fingerprint density at radius 1 is 1.56 bits per heavy atom. The largest absolute Gasteiger partial charge is 0.381 e. The molecule has 0 amide bonds. The highest BCUT2D eigenvalue weighted by Crippen LogP contribution is 2.28. The molecule has 1 aliphatic rings. The first kappa shape index (κ1) is 13.5. The first-order valence-electron chi connectivity index (χ1n) is 7.06. The molecule has 18 heavy (non-hydrogen) atoms. The highest BCUT2D eigenvalue weighted by molar-refractivity contribution is 5.05. The summed E-state index contributed by atoms with van der Waals surface area (Å²) in [5, 5.41) is 11.8. The molecule has 2 unspecified atom stereocenters. The minimum Gasteiger partial charge on any atom is -0.381 e. The summed E-state index contributed by atoms with van der Waals surface area (Å²) in [5.41, 5.74) is 1.20. The molecule has 0 aromatic carbocycles. The summed E-state index contributed by atoms with van der Waals surface area (Å²) in [6.45, 7) is 7.95. The van der Waals surface area contributed by atoms with Crippen LogP contribution in [0.15, 0.2) is 6.20 Å². The molecule has 102 valence electrons. The molecule has 0 spiro atoms. The van der Waals surface area contributed by atoms with Crippen molar-refractivity contribution < 1.29 is 4.74 Å². The third-order valence-corrected chi connectivity index (χ3v) is 3.49. The molecule has 0 radical (unpaired) electrons. The Hall–Kier alpha value is -0.940. The number of hydrogen-bond donors (Lipinski definition) is 1. The Morgan fingerprint density at radius 2 is 2.44 bits per heavy atom. The quantitative estimate of drug-likeness (QED) is 0.838. The van der Waals surface area contributed by atoms with Crippen LogP contribution >= 0.6 is 0 Å². The van der Waals surface area contributed by atoms with Gasteiger partial charge in [-0.2, -0.15) is 0 Å². The fourth-order valence-electron chi connectivity index (χ4n) is 2.65. The number of aromatic nitrogens is 3. The van der Waals surface area contributed by atoms with Crippen LogP contribution in [0, 0.1) is 5.92 Å². The van der Waals surface area contributed by atoms with E-state index in [1.54, 1.807) is 0 Å². The van der Waals surface area contributed by atoms with Crippen molar-refractivity contribution >= 4 is 0 Å². The van der Waals surface area contributed by atoms with Crippen molar-refractivity contribution in [2.24, 2.45) is 5.92 Å². The van der Waals surface area contributed by atoms with Crippen LogP contribution in [0.5, 0.6) is 0 Å². The summed E-state index contributed by atoms with van der Waals surface area (Å²) in [6, 6.07) is 0.317. The second kappa shape index (κ2) is 6.85. The summed E-state index contributed by atoms with van der Waals surface area (Å²) in [7, 11) is 0. The lowest BCUT2D eigenvalue weighted by Gasteiger charge is -2.30. The summed E-state index contributed by atoms with van der Waals surface area (Å²) < 4.78 is 7.65. The highest BCUT2D eigenvalue weighted by Gasteiger charge is 2.27. The fraction of sp³-hybridized carbons (Fsp3) is 0.846. The SMILES string of the molecule is CCCn1nncc1C(NCC)C1CCCOC1. The van der Waals surface area contributed by atoms with E-state index in [-0.39, 0.29) is 0 Å². The van der Waals surface area contributed by atoms with E-state index < -0.39 is 0 Å².